The Hall–Kier alpha value is -1.82. The Morgan fingerprint density at radius 1 is 1.58 bits per heavy atom. The zero-order chi connectivity index (χ0) is 14.0. The summed E-state index contributed by atoms with van der Waals surface area (Å²) in [6, 6.07) is 3.38. The molecule has 1 amide bonds. The summed E-state index contributed by atoms with van der Waals surface area (Å²) >= 11 is 5.65. The van der Waals surface area contributed by atoms with Crippen LogP contribution in [0.5, 0.6) is 0 Å². The van der Waals surface area contributed by atoms with Gasteiger partial charge in [-0.25, -0.2) is 4.39 Å². The first-order chi connectivity index (χ1) is 9.04. The van der Waals surface area contributed by atoms with Crippen LogP contribution in [0.4, 0.5) is 4.39 Å². The van der Waals surface area contributed by atoms with Crippen LogP contribution < -0.4 is 5.73 Å². The molecule has 0 bridgehead atoms. The molecule has 0 aliphatic carbocycles. The molecule has 3 N–H and O–H groups in total. The molecule has 0 aromatic heterocycles. The average molecular weight is 286 g/mol. The molecule has 19 heavy (non-hydrogen) atoms. The van der Waals surface area contributed by atoms with Crippen molar-refractivity contribution in [1.29, 1.82) is 0 Å². The van der Waals surface area contributed by atoms with Gasteiger partial charge in [-0.3, -0.25) is 4.79 Å². The molecule has 102 valence electrons. The van der Waals surface area contributed by atoms with E-state index >= 15 is 0 Å². The maximum Gasteiger partial charge on any atom is 0.257 e. The fourth-order valence-electron chi connectivity index (χ4n) is 2.20. The lowest BCUT2D eigenvalue weighted by Crippen LogP contribution is -2.44. The molecule has 1 aromatic carbocycles. The molecular weight excluding hydrogens is 273 g/mol. The SMILES string of the molecule is NC(=NO)C1CCCN1C(=O)c1ccc(Cl)cc1F. The number of likely N-dealkylation sites (tertiary alicyclic amines) is 1. The van der Waals surface area contributed by atoms with Crippen molar-refractivity contribution < 1.29 is 14.4 Å². The monoisotopic (exact) mass is 285 g/mol. The number of oxime groups is 1. The van der Waals surface area contributed by atoms with Gasteiger partial charge in [0.2, 0.25) is 0 Å². The zero-order valence-electron chi connectivity index (χ0n) is 10.0. The molecule has 1 unspecified atom stereocenters. The number of nitrogens with zero attached hydrogens (tertiary/aromatic N) is 2. The van der Waals surface area contributed by atoms with Crippen LogP contribution in [0.25, 0.3) is 0 Å². The molecule has 0 saturated carbocycles. The predicted molar refractivity (Wildman–Crippen MR) is 68.9 cm³/mol. The summed E-state index contributed by atoms with van der Waals surface area (Å²) in [6.45, 7) is 0.446. The molecule has 5 nitrogen and oxygen atoms in total. The molecule has 1 aromatic rings. The summed E-state index contributed by atoms with van der Waals surface area (Å²) < 4.78 is 13.7. The van der Waals surface area contributed by atoms with Crippen LogP contribution in [0.15, 0.2) is 23.4 Å². The highest BCUT2D eigenvalue weighted by molar-refractivity contribution is 6.30. The molecule has 1 fully saturated rings. The van der Waals surface area contributed by atoms with Crippen LogP contribution in [0.3, 0.4) is 0 Å². The minimum Gasteiger partial charge on any atom is -0.409 e. The Labute approximate surface area is 114 Å². The van der Waals surface area contributed by atoms with Crippen LogP contribution in [0.2, 0.25) is 5.02 Å². The highest BCUT2D eigenvalue weighted by Gasteiger charge is 2.33. The molecule has 1 saturated heterocycles. The van der Waals surface area contributed by atoms with Crippen molar-refractivity contribution in [3.8, 4) is 0 Å². The molecule has 7 heteroatoms. The third-order valence-electron chi connectivity index (χ3n) is 3.13. The number of benzene rings is 1. The molecular formula is C12H13ClFN3O2. The summed E-state index contributed by atoms with van der Waals surface area (Å²) in [5.74, 6) is -1.20. The first-order valence-electron chi connectivity index (χ1n) is 5.78. The molecule has 1 aliphatic rings. The first kappa shape index (κ1) is 13.6. The van der Waals surface area contributed by atoms with Crippen LogP contribution in [-0.2, 0) is 0 Å². The highest BCUT2D eigenvalue weighted by atomic mass is 35.5. The number of halogens is 2. The lowest BCUT2D eigenvalue weighted by molar-refractivity contribution is 0.0763. The second-order valence-corrected chi connectivity index (χ2v) is 4.74. The average Bonchev–Trinajstić information content (AvgIpc) is 2.86. The van der Waals surface area contributed by atoms with Crippen molar-refractivity contribution in [1.82, 2.24) is 4.90 Å². The van der Waals surface area contributed by atoms with Gasteiger partial charge in [-0.15, -0.1) is 0 Å². The van der Waals surface area contributed by atoms with Gasteiger partial charge in [0.05, 0.1) is 11.6 Å². The highest BCUT2D eigenvalue weighted by Crippen LogP contribution is 2.23. The van der Waals surface area contributed by atoms with E-state index in [-0.39, 0.29) is 16.4 Å². The van der Waals surface area contributed by atoms with Gasteiger partial charge in [-0.1, -0.05) is 16.8 Å². The molecule has 1 heterocycles. The van der Waals surface area contributed by atoms with E-state index in [4.69, 9.17) is 22.5 Å². The van der Waals surface area contributed by atoms with Gasteiger partial charge in [0, 0.05) is 11.6 Å². The Morgan fingerprint density at radius 2 is 2.32 bits per heavy atom. The van der Waals surface area contributed by atoms with Crippen molar-refractivity contribution >= 4 is 23.3 Å². The van der Waals surface area contributed by atoms with E-state index in [9.17, 15) is 9.18 Å². The van der Waals surface area contributed by atoms with E-state index in [2.05, 4.69) is 5.16 Å². The van der Waals surface area contributed by atoms with Gasteiger partial charge in [-0.2, -0.15) is 0 Å². The van der Waals surface area contributed by atoms with Gasteiger partial charge in [0.25, 0.3) is 5.91 Å². The Balaban J connectivity index is 2.28. The number of nitrogens with two attached hydrogens (primary N) is 1. The standard InChI is InChI=1S/C12H13ClFN3O2/c13-7-3-4-8(9(14)6-7)12(18)17-5-1-2-10(17)11(15)16-19/h3-4,6,10,19H,1-2,5H2,(H2,15,16). The lowest BCUT2D eigenvalue weighted by atomic mass is 10.1. The zero-order valence-corrected chi connectivity index (χ0v) is 10.8. The number of amidine groups is 1. The molecule has 2 rings (SSSR count). The quantitative estimate of drug-likeness (QED) is 0.376. The van der Waals surface area contributed by atoms with Gasteiger partial charge in [0.15, 0.2) is 5.84 Å². The smallest absolute Gasteiger partial charge is 0.257 e. The summed E-state index contributed by atoms with van der Waals surface area (Å²) in [4.78, 5) is 13.7. The third-order valence-corrected chi connectivity index (χ3v) is 3.37. The lowest BCUT2D eigenvalue weighted by Gasteiger charge is -2.23. The Morgan fingerprint density at radius 3 is 2.95 bits per heavy atom. The summed E-state index contributed by atoms with van der Waals surface area (Å²) in [6.07, 6.45) is 1.32. The van der Waals surface area contributed by atoms with Crippen LogP contribution in [0.1, 0.15) is 23.2 Å². The van der Waals surface area contributed by atoms with Gasteiger partial charge in [0.1, 0.15) is 5.82 Å². The minimum absolute atomic E-state index is 0.0415. The summed E-state index contributed by atoms with van der Waals surface area (Å²) in [5, 5.41) is 11.8. The van der Waals surface area contributed by atoms with Crippen molar-refractivity contribution in [3.63, 3.8) is 0 Å². The van der Waals surface area contributed by atoms with Gasteiger partial charge >= 0.3 is 0 Å². The fraction of sp³-hybridized carbons (Fsp3) is 0.333. The van der Waals surface area contributed by atoms with E-state index in [1.807, 2.05) is 0 Å². The number of carbonyl (C=O) groups is 1. The summed E-state index contributed by atoms with van der Waals surface area (Å²) in [5.41, 5.74) is 5.47. The van der Waals surface area contributed by atoms with E-state index in [0.29, 0.717) is 13.0 Å². The normalized spacial score (nSPS) is 19.8. The number of carbonyl (C=O) groups excluding carboxylic acids is 1. The van der Waals surface area contributed by atoms with Crippen molar-refractivity contribution in [2.24, 2.45) is 10.9 Å². The second-order valence-electron chi connectivity index (χ2n) is 4.31. The third kappa shape index (κ3) is 2.63. The van der Waals surface area contributed by atoms with Crippen LogP contribution in [0, 0.1) is 5.82 Å². The predicted octanol–water partition coefficient (Wildman–Crippen LogP) is 1.83. The van der Waals surface area contributed by atoms with Gasteiger partial charge in [-0.05, 0) is 31.0 Å². The number of hydrogen-bond donors (Lipinski definition) is 2. The maximum atomic E-state index is 13.7. The number of amides is 1. The van der Waals surface area contributed by atoms with Crippen molar-refractivity contribution in [2.45, 2.75) is 18.9 Å². The molecule has 1 aliphatic heterocycles. The number of rotatable bonds is 2. The van der Waals surface area contributed by atoms with E-state index in [1.165, 1.54) is 17.0 Å². The molecule has 1 atom stereocenters. The Bertz CT molecular complexity index is 536. The molecule has 0 radical (unpaired) electrons. The number of hydrogen-bond acceptors (Lipinski definition) is 3. The van der Waals surface area contributed by atoms with Crippen LogP contribution in [-0.4, -0.2) is 34.4 Å². The first-order valence-corrected chi connectivity index (χ1v) is 6.16. The minimum atomic E-state index is -0.678. The van der Waals surface area contributed by atoms with Crippen molar-refractivity contribution in [2.75, 3.05) is 6.54 Å². The van der Waals surface area contributed by atoms with E-state index < -0.39 is 17.8 Å². The topological polar surface area (TPSA) is 78.9 Å². The largest absolute Gasteiger partial charge is 0.409 e. The summed E-state index contributed by atoms with van der Waals surface area (Å²) in [7, 11) is 0. The van der Waals surface area contributed by atoms with Gasteiger partial charge < -0.3 is 15.8 Å². The maximum absolute atomic E-state index is 13.7. The van der Waals surface area contributed by atoms with E-state index in [0.717, 1.165) is 12.5 Å². The fourth-order valence-corrected chi connectivity index (χ4v) is 2.36. The van der Waals surface area contributed by atoms with E-state index in [1.54, 1.807) is 0 Å². The van der Waals surface area contributed by atoms with Crippen LogP contribution >= 0.6 is 11.6 Å². The molecule has 0 spiro atoms. The Kier molecular flexibility index (Phi) is 3.90. The van der Waals surface area contributed by atoms with Crippen molar-refractivity contribution in [3.05, 3.63) is 34.6 Å². The second kappa shape index (κ2) is 5.44.